The number of nitrogens with one attached hydrogen (secondary N) is 3. The van der Waals surface area contributed by atoms with Gasteiger partial charge in [-0.15, -0.1) is 24.0 Å². The van der Waals surface area contributed by atoms with Crippen LogP contribution in [0.3, 0.4) is 0 Å². The van der Waals surface area contributed by atoms with E-state index in [2.05, 4.69) is 30.8 Å². The highest BCUT2D eigenvalue weighted by Crippen LogP contribution is 2.28. The highest BCUT2D eigenvalue weighted by molar-refractivity contribution is 14.0. The average Bonchev–Trinajstić information content (AvgIpc) is 2.67. The summed E-state index contributed by atoms with van der Waals surface area (Å²) in [6.07, 6.45) is -2.76. The van der Waals surface area contributed by atoms with Crippen LogP contribution in [0.2, 0.25) is 0 Å². The van der Waals surface area contributed by atoms with Crippen molar-refractivity contribution in [3.8, 4) is 0 Å². The van der Waals surface area contributed by atoms with Crippen molar-refractivity contribution in [2.75, 3.05) is 64.8 Å². The van der Waals surface area contributed by atoms with E-state index in [1.807, 2.05) is 0 Å². The third kappa shape index (κ3) is 9.24. The normalized spacial score (nSPS) is 15.6. The second-order valence-corrected chi connectivity index (χ2v) is 6.09. The molecule has 0 atom stereocenters. The topological polar surface area (TPSA) is 73.8 Å². The summed E-state index contributed by atoms with van der Waals surface area (Å²) >= 11 is 0. The third-order valence-corrected chi connectivity index (χ3v) is 4.09. The van der Waals surface area contributed by atoms with Crippen LogP contribution in [0.5, 0.6) is 0 Å². The largest absolute Gasteiger partial charge is 0.417 e. The van der Waals surface area contributed by atoms with Crippen LogP contribution in [0.1, 0.15) is 12.0 Å². The lowest BCUT2D eigenvalue weighted by Crippen LogP contribution is -2.44. The molecule has 1 fully saturated rings. The number of halogens is 4. The number of hydrogen-bond acceptors (Lipinski definition) is 5. The van der Waals surface area contributed by atoms with Crippen LogP contribution in [0.4, 0.5) is 19.0 Å². The van der Waals surface area contributed by atoms with Crippen LogP contribution in [-0.2, 0) is 10.9 Å². The molecule has 0 bridgehead atoms. The van der Waals surface area contributed by atoms with E-state index < -0.39 is 11.7 Å². The summed E-state index contributed by atoms with van der Waals surface area (Å²) in [7, 11) is 1.72. The van der Waals surface area contributed by atoms with E-state index in [4.69, 9.17) is 4.74 Å². The van der Waals surface area contributed by atoms with E-state index in [0.29, 0.717) is 18.9 Å². The molecule has 1 aliphatic rings. The fourth-order valence-electron chi connectivity index (χ4n) is 2.56. The van der Waals surface area contributed by atoms with Gasteiger partial charge in [0.1, 0.15) is 5.82 Å². The number of anilines is 1. The number of rotatable bonds is 8. The lowest BCUT2D eigenvalue weighted by atomic mass is 10.3. The summed E-state index contributed by atoms with van der Waals surface area (Å²) in [5.41, 5.74) is -0.748. The summed E-state index contributed by atoms with van der Waals surface area (Å²) in [5, 5.41) is 9.48. The third-order valence-electron chi connectivity index (χ3n) is 4.09. The molecule has 0 spiro atoms. The van der Waals surface area contributed by atoms with Crippen LogP contribution in [0.25, 0.3) is 0 Å². The molecular weight excluding hydrogens is 488 g/mol. The Bertz CT molecular complexity index is 579. The first-order valence-corrected chi connectivity index (χ1v) is 9.01. The minimum Gasteiger partial charge on any atom is -0.379 e. The first-order chi connectivity index (χ1) is 13.0. The summed E-state index contributed by atoms with van der Waals surface area (Å²) in [4.78, 5) is 10.3. The number of nitrogens with zero attached hydrogens (tertiary/aromatic N) is 3. The number of aliphatic imine (C=N–C) groups is 1. The van der Waals surface area contributed by atoms with Crippen LogP contribution >= 0.6 is 24.0 Å². The first-order valence-electron chi connectivity index (χ1n) is 9.01. The number of aromatic nitrogens is 1. The van der Waals surface area contributed by atoms with Gasteiger partial charge in [0.25, 0.3) is 0 Å². The lowest BCUT2D eigenvalue weighted by molar-refractivity contribution is -0.137. The van der Waals surface area contributed by atoms with Gasteiger partial charge in [-0.1, -0.05) is 0 Å². The monoisotopic (exact) mass is 516 g/mol. The minimum absolute atomic E-state index is 0. The lowest BCUT2D eigenvalue weighted by Gasteiger charge is -2.26. The van der Waals surface area contributed by atoms with Gasteiger partial charge in [-0.2, -0.15) is 13.2 Å². The molecule has 160 valence electrons. The second-order valence-electron chi connectivity index (χ2n) is 6.09. The van der Waals surface area contributed by atoms with E-state index in [1.165, 1.54) is 6.07 Å². The number of pyridine rings is 1. The molecular formula is C17H28F3IN6O. The van der Waals surface area contributed by atoms with E-state index in [-0.39, 0.29) is 24.0 Å². The number of hydrogen-bond donors (Lipinski definition) is 3. The van der Waals surface area contributed by atoms with E-state index >= 15 is 0 Å². The Balaban J connectivity index is 0.00000392. The molecule has 11 heteroatoms. The van der Waals surface area contributed by atoms with E-state index in [0.717, 1.165) is 64.0 Å². The van der Waals surface area contributed by atoms with Crippen molar-refractivity contribution in [3.05, 3.63) is 23.9 Å². The summed E-state index contributed by atoms with van der Waals surface area (Å²) < 4.78 is 42.8. The zero-order valence-corrected chi connectivity index (χ0v) is 18.2. The van der Waals surface area contributed by atoms with E-state index in [9.17, 15) is 13.2 Å². The van der Waals surface area contributed by atoms with Gasteiger partial charge in [-0.3, -0.25) is 9.89 Å². The second kappa shape index (κ2) is 13.0. The molecule has 0 aromatic carbocycles. The molecule has 0 aliphatic carbocycles. The SMILES string of the molecule is CN=C(NCCCNc1ccc(C(F)(F)F)cn1)NCCN1CCOCC1.I. The number of ether oxygens (including phenoxy) is 1. The molecule has 0 amide bonds. The zero-order chi connectivity index (χ0) is 19.5. The van der Waals surface area contributed by atoms with Gasteiger partial charge >= 0.3 is 6.18 Å². The van der Waals surface area contributed by atoms with Crippen molar-refractivity contribution in [2.45, 2.75) is 12.6 Å². The molecule has 0 saturated carbocycles. The zero-order valence-electron chi connectivity index (χ0n) is 15.9. The Morgan fingerprint density at radius 3 is 2.50 bits per heavy atom. The van der Waals surface area contributed by atoms with Gasteiger partial charge in [0.2, 0.25) is 0 Å². The predicted octanol–water partition coefficient (Wildman–Crippen LogP) is 2.02. The maximum Gasteiger partial charge on any atom is 0.417 e. The molecule has 7 nitrogen and oxygen atoms in total. The first kappa shape index (κ1) is 24.7. The Kier molecular flexibility index (Phi) is 11.5. The Morgan fingerprint density at radius 1 is 1.18 bits per heavy atom. The molecule has 0 unspecified atom stereocenters. The number of alkyl halides is 3. The number of guanidine groups is 1. The molecule has 2 heterocycles. The van der Waals surface area contributed by atoms with Crippen LogP contribution < -0.4 is 16.0 Å². The van der Waals surface area contributed by atoms with Crippen LogP contribution in [0, 0.1) is 0 Å². The van der Waals surface area contributed by atoms with Crippen LogP contribution in [0.15, 0.2) is 23.3 Å². The maximum atomic E-state index is 12.5. The summed E-state index contributed by atoms with van der Waals surface area (Å²) in [6, 6.07) is 2.36. The highest BCUT2D eigenvalue weighted by Gasteiger charge is 2.30. The van der Waals surface area contributed by atoms with Gasteiger partial charge in [0.15, 0.2) is 5.96 Å². The van der Waals surface area contributed by atoms with E-state index in [1.54, 1.807) is 7.05 Å². The summed E-state index contributed by atoms with van der Waals surface area (Å²) in [5.74, 6) is 1.16. The van der Waals surface area contributed by atoms with Gasteiger partial charge in [-0.25, -0.2) is 4.98 Å². The molecule has 28 heavy (non-hydrogen) atoms. The molecule has 0 radical (unpaired) electrons. The number of morpholine rings is 1. The highest BCUT2D eigenvalue weighted by atomic mass is 127. The van der Waals surface area contributed by atoms with Crippen molar-refractivity contribution in [1.29, 1.82) is 0 Å². The van der Waals surface area contributed by atoms with Crippen molar-refractivity contribution < 1.29 is 17.9 Å². The van der Waals surface area contributed by atoms with Crippen LogP contribution in [-0.4, -0.2) is 75.4 Å². The van der Waals surface area contributed by atoms with Gasteiger partial charge < -0.3 is 20.7 Å². The Labute approximate surface area is 180 Å². The quantitative estimate of drug-likeness (QED) is 0.213. The fraction of sp³-hybridized carbons (Fsp3) is 0.647. The predicted molar refractivity (Wildman–Crippen MR) is 114 cm³/mol. The molecule has 1 aromatic heterocycles. The molecule has 1 aliphatic heterocycles. The minimum atomic E-state index is -4.36. The molecule has 3 N–H and O–H groups in total. The van der Waals surface area contributed by atoms with Gasteiger partial charge in [-0.05, 0) is 18.6 Å². The average molecular weight is 516 g/mol. The van der Waals surface area contributed by atoms with Crippen molar-refractivity contribution in [2.24, 2.45) is 4.99 Å². The fourth-order valence-corrected chi connectivity index (χ4v) is 2.56. The standard InChI is InChI=1S/C17H27F3N6O.HI/c1-21-16(24-7-8-26-9-11-27-12-10-26)23-6-2-5-22-15-4-3-14(13-25-15)17(18,19)20;/h3-4,13H,2,5-12H2,1H3,(H,22,25)(H2,21,23,24);1H. The van der Waals surface area contributed by atoms with Crippen molar-refractivity contribution in [3.63, 3.8) is 0 Å². The van der Waals surface area contributed by atoms with Gasteiger partial charge in [0.05, 0.1) is 18.8 Å². The maximum absolute atomic E-state index is 12.5. The Morgan fingerprint density at radius 2 is 1.89 bits per heavy atom. The smallest absolute Gasteiger partial charge is 0.379 e. The Hall–Kier alpha value is -1.34. The molecule has 1 aromatic rings. The van der Waals surface area contributed by atoms with Gasteiger partial charge in [0, 0.05) is 52.5 Å². The van der Waals surface area contributed by atoms with Crippen molar-refractivity contribution >= 4 is 35.8 Å². The molecule has 1 saturated heterocycles. The van der Waals surface area contributed by atoms with Crippen molar-refractivity contribution in [1.82, 2.24) is 20.5 Å². The molecule has 2 rings (SSSR count). The summed E-state index contributed by atoms with van der Waals surface area (Å²) in [6.45, 7) is 6.50.